The summed E-state index contributed by atoms with van der Waals surface area (Å²) in [5.41, 5.74) is 0.216. The maximum atomic E-state index is 13.8. The first-order valence-electron chi connectivity index (χ1n) is 6.16. The molecule has 1 saturated heterocycles. The van der Waals surface area contributed by atoms with E-state index < -0.39 is 11.2 Å². The summed E-state index contributed by atoms with van der Waals surface area (Å²) in [6.07, 6.45) is 1.43. The lowest BCUT2D eigenvalue weighted by molar-refractivity contribution is -0.123. The Morgan fingerprint density at radius 2 is 2.06 bits per heavy atom. The molecule has 1 aromatic carbocycles. The molecule has 0 unspecified atom stereocenters. The Morgan fingerprint density at radius 1 is 1.39 bits per heavy atom. The van der Waals surface area contributed by atoms with Crippen LogP contribution < -0.4 is 10.1 Å². The molecule has 3 nitrogen and oxygen atoms in total. The number of ketones is 1. The van der Waals surface area contributed by atoms with Crippen LogP contribution in [-0.4, -0.2) is 26.0 Å². The van der Waals surface area contributed by atoms with Gasteiger partial charge in [0.2, 0.25) is 0 Å². The summed E-state index contributed by atoms with van der Waals surface area (Å²) < 4.78 is 18.7. The molecule has 1 aliphatic rings. The maximum absolute atomic E-state index is 13.8. The molecule has 18 heavy (non-hydrogen) atoms. The Hall–Kier alpha value is -1.42. The van der Waals surface area contributed by atoms with Crippen molar-refractivity contribution in [3.63, 3.8) is 0 Å². The molecule has 1 heterocycles. The molecule has 0 aliphatic carbocycles. The zero-order valence-corrected chi connectivity index (χ0v) is 10.8. The fraction of sp³-hybridized carbons (Fsp3) is 0.500. The second-order valence-corrected chi connectivity index (χ2v) is 4.74. The largest absolute Gasteiger partial charge is 0.494 e. The van der Waals surface area contributed by atoms with Crippen LogP contribution in [0, 0.1) is 5.82 Å². The monoisotopic (exact) mass is 251 g/mol. The zero-order valence-electron chi connectivity index (χ0n) is 10.8. The SMILES string of the molecule is COc1ccc(C2(C(C)=O)CCNCC2)cc1F. The summed E-state index contributed by atoms with van der Waals surface area (Å²) >= 11 is 0. The van der Waals surface area contributed by atoms with Crippen molar-refractivity contribution in [2.45, 2.75) is 25.2 Å². The number of piperidine rings is 1. The Labute approximate surface area is 106 Å². The Bertz CT molecular complexity index is 453. The molecule has 0 bridgehead atoms. The van der Waals surface area contributed by atoms with E-state index in [9.17, 15) is 9.18 Å². The first-order valence-corrected chi connectivity index (χ1v) is 6.16. The van der Waals surface area contributed by atoms with Gasteiger partial charge in [-0.25, -0.2) is 4.39 Å². The quantitative estimate of drug-likeness (QED) is 0.893. The minimum absolute atomic E-state index is 0.105. The number of hydrogen-bond donors (Lipinski definition) is 1. The normalized spacial score (nSPS) is 18.4. The van der Waals surface area contributed by atoms with Crippen molar-refractivity contribution in [2.75, 3.05) is 20.2 Å². The van der Waals surface area contributed by atoms with Gasteiger partial charge < -0.3 is 10.1 Å². The number of carbonyl (C=O) groups is 1. The van der Waals surface area contributed by atoms with Crippen LogP contribution in [0.1, 0.15) is 25.3 Å². The Kier molecular flexibility index (Phi) is 3.66. The summed E-state index contributed by atoms with van der Waals surface area (Å²) in [5, 5.41) is 3.23. The number of carbonyl (C=O) groups excluding carboxylic acids is 1. The van der Waals surface area contributed by atoms with E-state index in [0.717, 1.165) is 18.7 Å². The van der Waals surface area contributed by atoms with Gasteiger partial charge in [0.15, 0.2) is 11.6 Å². The van der Waals surface area contributed by atoms with Gasteiger partial charge in [0, 0.05) is 0 Å². The molecule has 4 heteroatoms. The lowest BCUT2D eigenvalue weighted by Crippen LogP contribution is -2.44. The van der Waals surface area contributed by atoms with E-state index in [-0.39, 0.29) is 11.5 Å². The molecule has 0 atom stereocenters. The number of methoxy groups -OCH3 is 1. The molecule has 98 valence electrons. The van der Waals surface area contributed by atoms with Crippen molar-refractivity contribution >= 4 is 5.78 Å². The number of rotatable bonds is 3. The second-order valence-electron chi connectivity index (χ2n) is 4.74. The van der Waals surface area contributed by atoms with Gasteiger partial charge >= 0.3 is 0 Å². The number of benzene rings is 1. The summed E-state index contributed by atoms with van der Waals surface area (Å²) in [7, 11) is 1.43. The molecule has 1 aliphatic heterocycles. The predicted molar refractivity (Wildman–Crippen MR) is 67.4 cm³/mol. The van der Waals surface area contributed by atoms with Crippen molar-refractivity contribution in [1.29, 1.82) is 0 Å². The molecule has 0 aromatic heterocycles. The first-order chi connectivity index (χ1) is 8.60. The van der Waals surface area contributed by atoms with Crippen LogP contribution >= 0.6 is 0 Å². The zero-order chi connectivity index (χ0) is 13.2. The van der Waals surface area contributed by atoms with Crippen LogP contribution in [0.2, 0.25) is 0 Å². The van der Waals surface area contributed by atoms with E-state index in [4.69, 9.17) is 4.74 Å². The average Bonchev–Trinajstić information content (AvgIpc) is 2.39. The molecule has 1 fully saturated rings. The van der Waals surface area contributed by atoms with Crippen LogP contribution in [0.5, 0.6) is 5.75 Å². The highest BCUT2D eigenvalue weighted by molar-refractivity contribution is 5.88. The number of Topliss-reactive ketones (excluding diaryl/α,β-unsaturated/α-hetero) is 1. The maximum Gasteiger partial charge on any atom is 0.165 e. The van der Waals surface area contributed by atoms with Crippen molar-refractivity contribution in [3.8, 4) is 5.75 Å². The fourth-order valence-electron chi connectivity index (χ4n) is 2.66. The van der Waals surface area contributed by atoms with Gasteiger partial charge in [0.05, 0.1) is 12.5 Å². The van der Waals surface area contributed by atoms with Gasteiger partial charge in [-0.05, 0) is 50.6 Å². The molecule has 0 amide bonds. The summed E-state index contributed by atoms with van der Waals surface area (Å²) in [6.45, 7) is 3.16. The highest BCUT2D eigenvalue weighted by Crippen LogP contribution is 2.36. The van der Waals surface area contributed by atoms with Crippen LogP contribution in [0.4, 0.5) is 4.39 Å². The smallest absolute Gasteiger partial charge is 0.165 e. The number of ether oxygens (including phenoxy) is 1. The van der Waals surface area contributed by atoms with Gasteiger partial charge in [-0.3, -0.25) is 4.79 Å². The van der Waals surface area contributed by atoms with Crippen molar-refractivity contribution in [3.05, 3.63) is 29.6 Å². The first kappa shape index (κ1) is 13.0. The molecule has 1 N–H and O–H groups in total. The lowest BCUT2D eigenvalue weighted by atomic mass is 9.70. The third-order valence-corrected chi connectivity index (χ3v) is 3.84. The standard InChI is InChI=1S/C14H18FNO2/c1-10(17)14(5-7-16-8-6-14)11-3-4-13(18-2)12(15)9-11/h3-4,9,16H,5-8H2,1-2H3. The van der Waals surface area contributed by atoms with E-state index in [0.29, 0.717) is 12.8 Å². The van der Waals surface area contributed by atoms with E-state index in [1.165, 1.54) is 13.2 Å². The topological polar surface area (TPSA) is 38.3 Å². The Balaban J connectivity index is 2.43. The highest BCUT2D eigenvalue weighted by Gasteiger charge is 2.38. The average molecular weight is 251 g/mol. The summed E-state index contributed by atoms with van der Waals surface area (Å²) in [5.74, 6) is -0.0888. The third kappa shape index (κ3) is 2.12. The molecule has 0 spiro atoms. The minimum atomic E-state index is -0.543. The highest BCUT2D eigenvalue weighted by atomic mass is 19.1. The van der Waals surface area contributed by atoms with Crippen LogP contribution in [-0.2, 0) is 10.2 Å². The predicted octanol–water partition coefficient (Wildman–Crippen LogP) is 2.04. The minimum Gasteiger partial charge on any atom is -0.494 e. The molecule has 0 saturated carbocycles. The third-order valence-electron chi connectivity index (χ3n) is 3.84. The van der Waals surface area contributed by atoms with Crippen LogP contribution in [0.3, 0.4) is 0 Å². The number of halogens is 1. The molecular formula is C14H18FNO2. The van der Waals surface area contributed by atoms with E-state index in [1.54, 1.807) is 19.1 Å². The van der Waals surface area contributed by atoms with E-state index >= 15 is 0 Å². The second kappa shape index (κ2) is 5.06. The molecule has 1 aromatic rings. The molecule has 2 rings (SSSR count). The lowest BCUT2D eigenvalue weighted by Gasteiger charge is -2.36. The summed E-state index contributed by atoms with van der Waals surface area (Å²) in [4.78, 5) is 12.0. The molecule has 0 radical (unpaired) electrons. The number of nitrogens with one attached hydrogen (secondary N) is 1. The van der Waals surface area contributed by atoms with Gasteiger partial charge in [0.1, 0.15) is 5.78 Å². The molecular weight excluding hydrogens is 233 g/mol. The number of hydrogen-bond acceptors (Lipinski definition) is 3. The van der Waals surface area contributed by atoms with Gasteiger partial charge in [-0.2, -0.15) is 0 Å². The fourth-order valence-corrected chi connectivity index (χ4v) is 2.66. The van der Waals surface area contributed by atoms with Gasteiger partial charge in [-0.15, -0.1) is 0 Å². The van der Waals surface area contributed by atoms with Crippen LogP contribution in [0.15, 0.2) is 18.2 Å². The summed E-state index contributed by atoms with van der Waals surface area (Å²) in [6, 6.07) is 4.83. The van der Waals surface area contributed by atoms with Crippen molar-refractivity contribution in [1.82, 2.24) is 5.32 Å². The van der Waals surface area contributed by atoms with Crippen molar-refractivity contribution in [2.24, 2.45) is 0 Å². The van der Waals surface area contributed by atoms with Crippen LogP contribution in [0.25, 0.3) is 0 Å². The van der Waals surface area contributed by atoms with Crippen molar-refractivity contribution < 1.29 is 13.9 Å². The van der Waals surface area contributed by atoms with Gasteiger partial charge in [0.25, 0.3) is 0 Å². The Morgan fingerprint density at radius 3 is 2.56 bits per heavy atom. The van der Waals surface area contributed by atoms with E-state index in [2.05, 4.69) is 5.32 Å². The van der Waals surface area contributed by atoms with Gasteiger partial charge in [-0.1, -0.05) is 6.07 Å². The van der Waals surface area contributed by atoms with E-state index in [1.807, 2.05) is 0 Å².